The molecule has 0 aromatic heterocycles. The largest absolute Gasteiger partial charge is 0.455 e. The summed E-state index contributed by atoms with van der Waals surface area (Å²) in [6.45, 7) is 0. The van der Waals surface area contributed by atoms with E-state index in [2.05, 4.69) is 15.9 Å². The van der Waals surface area contributed by atoms with E-state index in [-0.39, 0.29) is 5.82 Å². The van der Waals surface area contributed by atoms with Crippen LogP contribution in [0.2, 0.25) is 5.02 Å². The smallest absolute Gasteiger partial charge is 0.146 e. The van der Waals surface area contributed by atoms with Gasteiger partial charge in [0.2, 0.25) is 0 Å². The van der Waals surface area contributed by atoms with Gasteiger partial charge in [0.1, 0.15) is 17.3 Å². The number of rotatable bonds is 2. The number of nitriles is 1. The van der Waals surface area contributed by atoms with Gasteiger partial charge in [-0.1, -0.05) is 11.6 Å². The fourth-order valence-corrected chi connectivity index (χ4v) is 1.98. The summed E-state index contributed by atoms with van der Waals surface area (Å²) < 4.78 is 18.9. The van der Waals surface area contributed by atoms with Crippen LogP contribution < -0.4 is 4.74 Å². The summed E-state index contributed by atoms with van der Waals surface area (Å²) >= 11 is 9.17. The number of nitrogens with zero attached hydrogens (tertiary/aromatic N) is 1. The zero-order valence-corrected chi connectivity index (χ0v) is 11.3. The van der Waals surface area contributed by atoms with Crippen molar-refractivity contribution in [1.82, 2.24) is 0 Å². The van der Waals surface area contributed by atoms with E-state index < -0.39 is 0 Å². The summed E-state index contributed by atoms with van der Waals surface area (Å²) in [4.78, 5) is 0. The lowest BCUT2D eigenvalue weighted by atomic mass is 10.2. The van der Waals surface area contributed by atoms with E-state index in [0.717, 1.165) is 0 Å². The molecule has 0 radical (unpaired) electrons. The molecule has 0 saturated heterocycles. The molecule has 0 spiro atoms. The second-order valence-electron chi connectivity index (χ2n) is 3.43. The Kier molecular flexibility index (Phi) is 3.85. The Hall–Kier alpha value is -1.57. The van der Waals surface area contributed by atoms with Gasteiger partial charge in [0.15, 0.2) is 0 Å². The highest BCUT2D eigenvalue weighted by Crippen LogP contribution is 2.34. The van der Waals surface area contributed by atoms with Crippen LogP contribution in [-0.2, 0) is 0 Å². The van der Waals surface area contributed by atoms with Crippen molar-refractivity contribution in [2.24, 2.45) is 0 Å². The second kappa shape index (κ2) is 5.38. The van der Waals surface area contributed by atoms with E-state index >= 15 is 0 Å². The predicted molar refractivity (Wildman–Crippen MR) is 70.3 cm³/mol. The van der Waals surface area contributed by atoms with Crippen molar-refractivity contribution in [3.8, 4) is 17.6 Å². The molecule has 0 atom stereocenters. The highest BCUT2D eigenvalue weighted by atomic mass is 79.9. The maximum atomic E-state index is 12.9. The molecule has 0 bridgehead atoms. The zero-order chi connectivity index (χ0) is 13.1. The third kappa shape index (κ3) is 2.81. The number of hydrogen-bond donors (Lipinski definition) is 0. The van der Waals surface area contributed by atoms with Gasteiger partial charge in [-0.2, -0.15) is 5.26 Å². The monoisotopic (exact) mass is 325 g/mol. The summed E-state index contributed by atoms with van der Waals surface area (Å²) in [7, 11) is 0. The molecule has 0 fully saturated rings. The van der Waals surface area contributed by atoms with Gasteiger partial charge in [0.25, 0.3) is 0 Å². The first-order valence-electron chi connectivity index (χ1n) is 4.92. The Labute approximate surface area is 117 Å². The molecule has 2 rings (SSSR count). The zero-order valence-electron chi connectivity index (χ0n) is 8.95. The molecule has 5 heteroatoms. The van der Waals surface area contributed by atoms with Gasteiger partial charge < -0.3 is 4.74 Å². The summed E-state index contributed by atoms with van der Waals surface area (Å²) in [6.07, 6.45) is 0. The normalized spacial score (nSPS) is 9.89. The van der Waals surface area contributed by atoms with Gasteiger partial charge in [-0.3, -0.25) is 0 Å². The van der Waals surface area contributed by atoms with E-state index in [4.69, 9.17) is 21.6 Å². The summed E-state index contributed by atoms with van der Waals surface area (Å²) in [6, 6.07) is 10.8. The van der Waals surface area contributed by atoms with E-state index in [9.17, 15) is 4.39 Å². The van der Waals surface area contributed by atoms with Crippen LogP contribution in [0.5, 0.6) is 11.5 Å². The third-order valence-corrected chi connectivity index (χ3v) is 3.09. The van der Waals surface area contributed by atoms with Crippen LogP contribution in [0.25, 0.3) is 0 Å². The highest BCUT2D eigenvalue weighted by Gasteiger charge is 2.08. The van der Waals surface area contributed by atoms with Crippen LogP contribution in [-0.4, -0.2) is 0 Å². The first-order valence-corrected chi connectivity index (χ1v) is 6.10. The Morgan fingerprint density at radius 3 is 2.50 bits per heavy atom. The van der Waals surface area contributed by atoms with Crippen molar-refractivity contribution in [3.63, 3.8) is 0 Å². The minimum Gasteiger partial charge on any atom is -0.455 e. The van der Waals surface area contributed by atoms with Gasteiger partial charge in [-0.05, 0) is 52.3 Å². The number of halogens is 3. The summed E-state index contributed by atoms with van der Waals surface area (Å²) in [5.41, 5.74) is 0.450. The molecule has 0 aliphatic rings. The maximum Gasteiger partial charge on any atom is 0.146 e. The topological polar surface area (TPSA) is 33.0 Å². The standard InChI is InChI=1S/C13H6BrClFNO/c14-10-6-9(16)2-4-12(10)18-13-3-1-8(7-17)5-11(13)15/h1-6H. The second-order valence-corrected chi connectivity index (χ2v) is 4.70. The minimum atomic E-state index is -0.361. The van der Waals surface area contributed by atoms with E-state index in [1.165, 1.54) is 24.3 Å². The maximum absolute atomic E-state index is 12.9. The van der Waals surface area contributed by atoms with Crippen LogP contribution in [0.3, 0.4) is 0 Å². The van der Waals surface area contributed by atoms with Crippen LogP contribution in [0.1, 0.15) is 5.56 Å². The van der Waals surface area contributed by atoms with Gasteiger partial charge in [0.05, 0.1) is 21.1 Å². The van der Waals surface area contributed by atoms with Crippen molar-refractivity contribution in [2.75, 3.05) is 0 Å². The molecule has 18 heavy (non-hydrogen) atoms. The van der Waals surface area contributed by atoms with Crippen molar-refractivity contribution in [2.45, 2.75) is 0 Å². The SMILES string of the molecule is N#Cc1ccc(Oc2ccc(F)cc2Br)c(Cl)c1. The Morgan fingerprint density at radius 2 is 1.89 bits per heavy atom. The summed E-state index contributed by atoms with van der Waals surface area (Å²) in [5, 5.41) is 9.04. The highest BCUT2D eigenvalue weighted by molar-refractivity contribution is 9.10. The molecule has 90 valence electrons. The van der Waals surface area contributed by atoms with E-state index in [0.29, 0.717) is 26.6 Å². The molecule has 0 amide bonds. The number of ether oxygens (including phenoxy) is 1. The average Bonchev–Trinajstić information content (AvgIpc) is 2.34. The van der Waals surface area contributed by atoms with Crippen LogP contribution in [0, 0.1) is 17.1 Å². The fourth-order valence-electron chi connectivity index (χ4n) is 1.33. The Balaban J connectivity index is 2.32. The van der Waals surface area contributed by atoms with Crippen LogP contribution in [0.15, 0.2) is 40.9 Å². The Bertz CT molecular complexity index is 639. The lowest BCUT2D eigenvalue weighted by Crippen LogP contribution is -1.88. The molecule has 0 N–H and O–H groups in total. The number of hydrogen-bond acceptors (Lipinski definition) is 2. The molecular formula is C13H6BrClFNO. The van der Waals surface area contributed by atoms with Gasteiger partial charge >= 0.3 is 0 Å². The van der Waals surface area contributed by atoms with Crippen LogP contribution >= 0.6 is 27.5 Å². The average molecular weight is 327 g/mol. The molecule has 0 aliphatic carbocycles. The quantitative estimate of drug-likeness (QED) is 0.786. The minimum absolute atomic E-state index is 0.324. The lowest BCUT2D eigenvalue weighted by molar-refractivity contribution is 0.477. The molecule has 2 nitrogen and oxygen atoms in total. The molecular weight excluding hydrogens is 321 g/mol. The number of benzene rings is 2. The molecule has 0 aliphatic heterocycles. The van der Waals surface area contributed by atoms with Crippen molar-refractivity contribution in [1.29, 1.82) is 5.26 Å². The Morgan fingerprint density at radius 1 is 1.17 bits per heavy atom. The molecule has 2 aromatic carbocycles. The van der Waals surface area contributed by atoms with Crippen LogP contribution in [0.4, 0.5) is 4.39 Å². The molecule has 0 heterocycles. The first-order chi connectivity index (χ1) is 8.60. The van der Waals surface area contributed by atoms with Crippen molar-refractivity contribution < 1.29 is 9.13 Å². The van der Waals surface area contributed by atoms with Gasteiger partial charge in [-0.25, -0.2) is 4.39 Å². The molecule has 0 saturated carbocycles. The fraction of sp³-hybridized carbons (Fsp3) is 0. The van der Waals surface area contributed by atoms with Gasteiger partial charge in [-0.15, -0.1) is 0 Å². The molecule has 2 aromatic rings. The van der Waals surface area contributed by atoms with Gasteiger partial charge in [0, 0.05) is 0 Å². The van der Waals surface area contributed by atoms with Crippen molar-refractivity contribution in [3.05, 3.63) is 57.3 Å². The third-order valence-electron chi connectivity index (χ3n) is 2.17. The first kappa shape index (κ1) is 12.9. The van der Waals surface area contributed by atoms with E-state index in [1.54, 1.807) is 12.1 Å². The lowest BCUT2D eigenvalue weighted by Gasteiger charge is -2.09. The summed E-state index contributed by atoms with van der Waals surface area (Å²) in [5.74, 6) is 0.492. The van der Waals surface area contributed by atoms with E-state index in [1.807, 2.05) is 6.07 Å². The predicted octanol–water partition coefficient (Wildman–Crippen LogP) is 4.91. The van der Waals surface area contributed by atoms with Crippen molar-refractivity contribution >= 4 is 27.5 Å². The molecule has 0 unspecified atom stereocenters.